The number of nitro benzene ring substituents is 1. The highest BCUT2D eigenvalue weighted by Crippen LogP contribution is 2.32. The van der Waals surface area contributed by atoms with Gasteiger partial charge in [0.15, 0.2) is 5.78 Å². The van der Waals surface area contributed by atoms with Crippen LogP contribution in [0.5, 0.6) is 0 Å². The zero-order chi connectivity index (χ0) is 19.5. The number of amides is 1. The van der Waals surface area contributed by atoms with Gasteiger partial charge in [-0.1, -0.05) is 46.3 Å². The Balaban J connectivity index is 2.71. The van der Waals surface area contributed by atoms with E-state index >= 15 is 0 Å². The van der Waals surface area contributed by atoms with Gasteiger partial charge in [0.2, 0.25) is 5.91 Å². The minimum atomic E-state index is -0.618. The number of benzene rings is 2. The Labute approximate surface area is 160 Å². The summed E-state index contributed by atoms with van der Waals surface area (Å²) in [6, 6.07) is 12.5. The van der Waals surface area contributed by atoms with Gasteiger partial charge in [0, 0.05) is 23.2 Å². The molecule has 0 spiro atoms. The maximum atomic E-state index is 13.0. The summed E-state index contributed by atoms with van der Waals surface area (Å²) >= 11 is 3.17. The first-order valence-corrected chi connectivity index (χ1v) is 9.06. The number of halogens is 1. The molecule has 2 rings (SSSR count). The van der Waals surface area contributed by atoms with Crippen LogP contribution in [0.25, 0.3) is 0 Å². The second-order valence-electron chi connectivity index (χ2n) is 6.69. The van der Waals surface area contributed by atoms with Crippen LogP contribution in [0.1, 0.15) is 36.7 Å². The van der Waals surface area contributed by atoms with Crippen molar-refractivity contribution in [2.24, 2.45) is 0 Å². The third kappa shape index (κ3) is 4.16. The molecule has 0 unspecified atom stereocenters. The van der Waals surface area contributed by atoms with Crippen molar-refractivity contribution < 1.29 is 14.5 Å². The molecule has 0 bridgehead atoms. The number of nitrogens with zero attached hydrogens (tertiary/aromatic N) is 2. The van der Waals surface area contributed by atoms with E-state index in [1.165, 1.54) is 23.1 Å². The molecule has 26 heavy (non-hydrogen) atoms. The van der Waals surface area contributed by atoms with Crippen LogP contribution >= 0.6 is 15.9 Å². The maximum Gasteiger partial charge on any atom is 0.270 e. The van der Waals surface area contributed by atoms with Crippen molar-refractivity contribution in [2.45, 2.75) is 26.3 Å². The topological polar surface area (TPSA) is 80.5 Å². The molecule has 2 aromatic carbocycles. The summed E-state index contributed by atoms with van der Waals surface area (Å²) in [7, 11) is 0. The Kier molecular flexibility index (Phi) is 5.92. The van der Waals surface area contributed by atoms with Crippen molar-refractivity contribution >= 4 is 39.0 Å². The van der Waals surface area contributed by atoms with Gasteiger partial charge in [-0.3, -0.25) is 19.7 Å². The van der Waals surface area contributed by atoms with Crippen molar-refractivity contribution in [2.75, 3.05) is 10.2 Å². The molecule has 6 nitrogen and oxygen atoms in total. The lowest BCUT2D eigenvalue weighted by Crippen LogP contribution is -2.47. The standard InChI is InChI=1S/C19H19BrN2O4/c1-19(2,3)21(17(23)12-20)16-10-9-14(22(25)26)11-15(16)18(24)13-7-5-4-6-8-13/h4-11H,12H2,1-3H3. The second kappa shape index (κ2) is 7.78. The number of hydrogen-bond donors (Lipinski definition) is 0. The summed E-state index contributed by atoms with van der Waals surface area (Å²) in [4.78, 5) is 37.7. The molecule has 0 heterocycles. The summed E-state index contributed by atoms with van der Waals surface area (Å²) in [6.07, 6.45) is 0. The van der Waals surface area contributed by atoms with Crippen molar-refractivity contribution in [3.05, 3.63) is 69.8 Å². The van der Waals surface area contributed by atoms with Crippen LogP contribution in [0.2, 0.25) is 0 Å². The fourth-order valence-electron chi connectivity index (χ4n) is 2.69. The summed E-state index contributed by atoms with van der Waals surface area (Å²) < 4.78 is 0. The summed E-state index contributed by atoms with van der Waals surface area (Å²) in [5, 5.41) is 11.3. The van der Waals surface area contributed by atoms with Crippen molar-refractivity contribution in [3.63, 3.8) is 0 Å². The molecule has 0 radical (unpaired) electrons. The predicted molar refractivity (Wildman–Crippen MR) is 104 cm³/mol. The van der Waals surface area contributed by atoms with E-state index in [0.717, 1.165) is 0 Å². The maximum absolute atomic E-state index is 13.0. The molecule has 1 amide bonds. The number of ketones is 1. The van der Waals surface area contributed by atoms with Gasteiger partial charge in [0.1, 0.15) is 0 Å². The van der Waals surface area contributed by atoms with E-state index in [1.807, 2.05) is 20.8 Å². The van der Waals surface area contributed by atoms with Gasteiger partial charge in [-0.25, -0.2) is 0 Å². The highest BCUT2D eigenvalue weighted by Gasteiger charge is 2.31. The van der Waals surface area contributed by atoms with E-state index in [0.29, 0.717) is 11.3 Å². The quantitative estimate of drug-likeness (QED) is 0.312. The first-order valence-electron chi connectivity index (χ1n) is 7.94. The lowest BCUT2D eigenvalue weighted by Gasteiger charge is -2.36. The van der Waals surface area contributed by atoms with Crippen LogP contribution in [0, 0.1) is 10.1 Å². The molecular weight excluding hydrogens is 400 g/mol. The van der Waals surface area contributed by atoms with E-state index < -0.39 is 10.5 Å². The summed E-state index contributed by atoms with van der Waals surface area (Å²) in [6.45, 7) is 5.52. The van der Waals surface area contributed by atoms with Gasteiger partial charge in [-0.05, 0) is 26.8 Å². The Hall–Kier alpha value is -2.54. The smallest absolute Gasteiger partial charge is 0.270 e. The van der Waals surface area contributed by atoms with Crippen LogP contribution in [0.15, 0.2) is 48.5 Å². The Morgan fingerprint density at radius 3 is 2.23 bits per heavy atom. The lowest BCUT2D eigenvalue weighted by atomic mass is 9.97. The number of anilines is 1. The SMILES string of the molecule is CC(C)(C)N(C(=O)CBr)c1ccc([N+](=O)[O-])cc1C(=O)c1ccccc1. The summed E-state index contributed by atoms with van der Waals surface area (Å²) in [5.74, 6) is -0.616. The third-order valence-corrected chi connectivity index (χ3v) is 4.23. The normalized spacial score (nSPS) is 11.1. The molecule has 0 aromatic heterocycles. The monoisotopic (exact) mass is 418 g/mol. The zero-order valence-electron chi connectivity index (χ0n) is 14.7. The molecule has 0 atom stereocenters. The first-order chi connectivity index (χ1) is 12.2. The molecule has 0 aliphatic rings. The molecule has 0 aliphatic carbocycles. The van der Waals surface area contributed by atoms with Gasteiger partial charge in [-0.15, -0.1) is 0 Å². The number of alkyl halides is 1. The van der Waals surface area contributed by atoms with E-state index in [2.05, 4.69) is 15.9 Å². The molecule has 7 heteroatoms. The van der Waals surface area contributed by atoms with Gasteiger partial charge in [0.25, 0.3) is 5.69 Å². The minimum absolute atomic E-state index is 0.0697. The Bertz CT molecular complexity index is 844. The van der Waals surface area contributed by atoms with E-state index in [-0.39, 0.29) is 28.3 Å². The average Bonchev–Trinajstić information content (AvgIpc) is 2.60. The minimum Gasteiger partial charge on any atom is -0.306 e. The highest BCUT2D eigenvalue weighted by molar-refractivity contribution is 9.09. The van der Waals surface area contributed by atoms with Gasteiger partial charge < -0.3 is 4.90 Å². The molecule has 0 saturated heterocycles. The third-order valence-electron chi connectivity index (χ3n) is 3.75. The first kappa shape index (κ1) is 19.8. The Morgan fingerprint density at radius 2 is 1.73 bits per heavy atom. The van der Waals surface area contributed by atoms with Gasteiger partial charge >= 0.3 is 0 Å². The van der Waals surface area contributed by atoms with Crippen LogP contribution < -0.4 is 4.90 Å². The average molecular weight is 419 g/mol. The number of nitro groups is 1. The number of carbonyl (C=O) groups is 2. The van der Waals surface area contributed by atoms with E-state index in [9.17, 15) is 19.7 Å². The fourth-order valence-corrected chi connectivity index (χ4v) is 2.94. The van der Waals surface area contributed by atoms with Crippen molar-refractivity contribution in [1.29, 1.82) is 0 Å². The van der Waals surface area contributed by atoms with E-state index in [4.69, 9.17) is 0 Å². The molecule has 136 valence electrons. The van der Waals surface area contributed by atoms with Crippen LogP contribution in [0.3, 0.4) is 0 Å². The van der Waals surface area contributed by atoms with Crippen LogP contribution in [-0.4, -0.2) is 27.5 Å². The number of rotatable bonds is 5. The Morgan fingerprint density at radius 1 is 1.12 bits per heavy atom. The molecule has 0 N–H and O–H groups in total. The van der Waals surface area contributed by atoms with Crippen molar-refractivity contribution in [3.8, 4) is 0 Å². The van der Waals surface area contributed by atoms with Crippen LogP contribution in [0.4, 0.5) is 11.4 Å². The van der Waals surface area contributed by atoms with Crippen LogP contribution in [-0.2, 0) is 4.79 Å². The summed E-state index contributed by atoms with van der Waals surface area (Å²) in [5.41, 5.74) is 0.0470. The predicted octanol–water partition coefficient (Wildman–Crippen LogP) is 4.35. The van der Waals surface area contributed by atoms with Gasteiger partial charge in [-0.2, -0.15) is 0 Å². The number of hydrogen-bond acceptors (Lipinski definition) is 4. The second-order valence-corrected chi connectivity index (χ2v) is 7.25. The lowest BCUT2D eigenvalue weighted by molar-refractivity contribution is -0.384. The molecule has 0 saturated carbocycles. The van der Waals surface area contributed by atoms with Gasteiger partial charge in [0.05, 0.1) is 21.5 Å². The zero-order valence-corrected chi connectivity index (χ0v) is 16.3. The highest BCUT2D eigenvalue weighted by atomic mass is 79.9. The van der Waals surface area contributed by atoms with Crippen molar-refractivity contribution in [1.82, 2.24) is 0 Å². The molecule has 0 fully saturated rings. The van der Waals surface area contributed by atoms with E-state index in [1.54, 1.807) is 30.3 Å². The fraction of sp³-hybridized carbons (Fsp3) is 0.263. The molecule has 2 aromatic rings. The molecular formula is C19H19BrN2O4. The molecule has 0 aliphatic heterocycles. The largest absolute Gasteiger partial charge is 0.306 e. The number of carbonyl (C=O) groups excluding carboxylic acids is 2. The number of non-ortho nitro benzene ring substituents is 1.